The molecule has 3 heterocycles. The predicted molar refractivity (Wildman–Crippen MR) is 112 cm³/mol. The average Bonchev–Trinajstić information content (AvgIpc) is 3.41. The summed E-state index contributed by atoms with van der Waals surface area (Å²) in [6.07, 6.45) is 4.55. The number of benzene rings is 2. The van der Waals surface area contributed by atoms with E-state index in [4.69, 9.17) is 21.1 Å². The maximum atomic E-state index is 13.3. The number of halogens is 1. The summed E-state index contributed by atoms with van der Waals surface area (Å²) in [6, 6.07) is 10.9. The van der Waals surface area contributed by atoms with Crippen LogP contribution >= 0.6 is 11.6 Å². The van der Waals surface area contributed by atoms with Crippen LogP contribution in [0.15, 0.2) is 55.0 Å². The molecular weight excluding hydrogens is 406 g/mol. The molecule has 0 spiro atoms. The lowest BCUT2D eigenvalue weighted by Crippen LogP contribution is -2.36. The zero-order chi connectivity index (χ0) is 20.7. The first kappa shape index (κ1) is 18.7. The van der Waals surface area contributed by atoms with Gasteiger partial charge in [0.25, 0.3) is 0 Å². The molecule has 0 saturated heterocycles. The van der Waals surface area contributed by atoms with E-state index in [0.717, 1.165) is 22.0 Å². The molecule has 0 radical (unpaired) electrons. The number of hydrogen-bond acceptors (Lipinski definition) is 5. The van der Waals surface area contributed by atoms with Crippen molar-refractivity contribution in [3.05, 3.63) is 65.6 Å². The first-order valence-electron chi connectivity index (χ1n) is 9.50. The lowest BCUT2D eigenvalue weighted by molar-refractivity contribution is 0.0587. The summed E-state index contributed by atoms with van der Waals surface area (Å²) in [7, 11) is 0. The van der Waals surface area contributed by atoms with Crippen LogP contribution in [0.25, 0.3) is 22.0 Å². The van der Waals surface area contributed by atoms with Crippen LogP contribution in [0.5, 0.6) is 11.5 Å². The Labute approximate surface area is 176 Å². The third-order valence-corrected chi connectivity index (χ3v) is 5.41. The van der Waals surface area contributed by atoms with Crippen LogP contribution in [-0.4, -0.2) is 45.0 Å². The van der Waals surface area contributed by atoms with E-state index in [9.17, 15) is 9.90 Å². The number of aromatic nitrogens is 3. The molecule has 0 aliphatic carbocycles. The first-order valence-corrected chi connectivity index (χ1v) is 9.88. The first-order chi connectivity index (χ1) is 14.6. The fourth-order valence-corrected chi connectivity index (χ4v) is 3.88. The van der Waals surface area contributed by atoms with Crippen molar-refractivity contribution in [2.75, 3.05) is 13.2 Å². The summed E-state index contributed by atoms with van der Waals surface area (Å²) >= 11 is 5.99. The molecule has 1 aliphatic rings. The smallest absolute Gasteiger partial charge is 0.209 e. The van der Waals surface area contributed by atoms with Crippen molar-refractivity contribution in [1.29, 1.82) is 0 Å². The van der Waals surface area contributed by atoms with Gasteiger partial charge in [-0.15, -0.1) is 0 Å². The number of aliphatic hydroxyl groups is 1. The van der Waals surface area contributed by atoms with Crippen molar-refractivity contribution in [2.45, 2.75) is 12.6 Å². The van der Waals surface area contributed by atoms with Gasteiger partial charge in [0.2, 0.25) is 5.78 Å². The van der Waals surface area contributed by atoms with Crippen LogP contribution < -0.4 is 9.47 Å². The van der Waals surface area contributed by atoms with Gasteiger partial charge in [0.15, 0.2) is 17.6 Å². The number of nitrogens with one attached hydrogen (secondary N) is 1. The minimum Gasteiger partial charge on any atom is -0.485 e. The Morgan fingerprint density at radius 1 is 1.23 bits per heavy atom. The Balaban J connectivity index is 1.52. The zero-order valence-corrected chi connectivity index (χ0v) is 16.6. The standard InChI is InChI=1S/C22H18ClN3O4/c23-15-2-4-19-20(8-15)29-12-21(30-19)22(28)17-11-26(5-6-27)18-7-13(1-3-16(17)18)14-9-24-25-10-14/h1-4,7-11,21,27H,5-6,12H2,(H,24,25). The third-order valence-electron chi connectivity index (χ3n) is 5.18. The predicted octanol–water partition coefficient (Wildman–Crippen LogP) is 3.70. The molecule has 8 heteroatoms. The summed E-state index contributed by atoms with van der Waals surface area (Å²) in [5, 5.41) is 17.6. The van der Waals surface area contributed by atoms with E-state index in [0.29, 0.717) is 28.6 Å². The van der Waals surface area contributed by atoms with E-state index in [1.807, 2.05) is 29.0 Å². The Hall–Kier alpha value is -3.29. The van der Waals surface area contributed by atoms with Gasteiger partial charge < -0.3 is 19.1 Å². The molecule has 1 aliphatic heterocycles. The topological polar surface area (TPSA) is 89.4 Å². The Morgan fingerprint density at radius 3 is 2.93 bits per heavy atom. The molecule has 1 atom stereocenters. The highest BCUT2D eigenvalue weighted by Gasteiger charge is 2.30. The van der Waals surface area contributed by atoms with Crippen molar-refractivity contribution in [2.24, 2.45) is 0 Å². The van der Waals surface area contributed by atoms with E-state index >= 15 is 0 Å². The van der Waals surface area contributed by atoms with Crippen LogP contribution in [0.3, 0.4) is 0 Å². The van der Waals surface area contributed by atoms with Gasteiger partial charge in [-0.1, -0.05) is 23.7 Å². The molecule has 0 saturated carbocycles. The van der Waals surface area contributed by atoms with Gasteiger partial charge in [0.05, 0.1) is 12.8 Å². The molecule has 4 aromatic rings. The minimum absolute atomic E-state index is 0.0372. The van der Waals surface area contributed by atoms with Crippen molar-refractivity contribution in [3.63, 3.8) is 0 Å². The molecule has 30 heavy (non-hydrogen) atoms. The van der Waals surface area contributed by atoms with Gasteiger partial charge in [0, 0.05) is 52.1 Å². The van der Waals surface area contributed by atoms with Crippen molar-refractivity contribution >= 4 is 28.3 Å². The third kappa shape index (κ3) is 3.22. The van der Waals surface area contributed by atoms with Gasteiger partial charge >= 0.3 is 0 Å². The van der Waals surface area contributed by atoms with E-state index in [-0.39, 0.29) is 19.0 Å². The summed E-state index contributed by atoms with van der Waals surface area (Å²) in [4.78, 5) is 13.3. The highest BCUT2D eigenvalue weighted by Crippen LogP contribution is 2.35. The average molecular weight is 424 g/mol. The Kier molecular flexibility index (Phi) is 4.69. The number of ether oxygens (including phenoxy) is 2. The van der Waals surface area contributed by atoms with Gasteiger partial charge in [-0.2, -0.15) is 5.10 Å². The van der Waals surface area contributed by atoms with Crippen LogP contribution in [0.2, 0.25) is 5.02 Å². The van der Waals surface area contributed by atoms with Crippen LogP contribution in [0.4, 0.5) is 0 Å². The van der Waals surface area contributed by atoms with Crippen LogP contribution in [0, 0.1) is 0 Å². The SMILES string of the molecule is O=C(c1cn(CCO)c2cc(-c3cn[nH]c3)ccc12)C1COc2cc(Cl)ccc2O1. The van der Waals surface area contributed by atoms with Crippen LogP contribution in [-0.2, 0) is 6.54 Å². The van der Waals surface area contributed by atoms with Gasteiger partial charge in [-0.3, -0.25) is 9.89 Å². The fourth-order valence-electron chi connectivity index (χ4n) is 3.72. The number of nitrogens with zero attached hydrogens (tertiary/aromatic N) is 2. The molecule has 5 rings (SSSR count). The highest BCUT2D eigenvalue weighted by molar-refractivity contribution is 6.30. The van der Waals surface area contributed by atoms with E-state index in [2.05, 4.69) is 10.2 Å². The monoisotopic (exact) mass is 423 g/mol. The van der Waals surface area contributed by atoms with Crippen molar-refractivity contribution in [3.8, 4) is 22.6 Å². The Bertz CT molecular complexity index is 1230. The number of aromatic amines is 1. The molecule has 0 amide bonds. The van der Waals surface area contributed by atoms with E-state index in [1.54, 1.807) is 30.6 Å². The number of carbonyl (C=O) groups is 1. The van der Waals surface area contributed by atoms with E-state index < -0.39 is 6.10 Å². The molecule has 0 bridgehead atoms. The zero-order valence-electron chi connectivity index (χ0n) is 15.8. The fraction of sp³-hybridized carbons (Fsp3) is 0.182. The van der Waals surface area contributed by atoms with Crippen molar-refractivity contribution in [1.82, 2.24) is 14.8 Å². The van der Waals surface area contributed by atoms with Gasteiger partial charge in [0.1, 0.15) is 6.61 Å². The maximum Gasteiger partial charge on any atom is 0.209 e. The second kappa shape index (κ2) is 7.51. The number of hydrogen-bond donors (Lipinski definition) is 2. The number of Topliss-reactive ketones (excluding diaryl/α,β-unsaturated/α-hetero) is 1. The minimum atomic E-state index is -0.764. The number of H-pyrrole nitrogens is 1. The van der Waals surface area contributed by atoms with Gasteiger partial charge in [-0.25, -0.2) is 0 Å². The largest absolute Gasteiger partial charge is 0.485 e. The number of ketones is 1. The molecule has 2 aromatic carbocycles. The molecule has 2 aromatic heterocycles. The van der Waals surface area contributed by atoms with E-state index in [1.165, 1.54) is 0 Å². The summed E-state index contributed by atoms with van der Waals surface area (Å²) in [5.74, 6) is 0.845. The van der Waals surface area contributed by atoms with Crippen molar-refractivity contribution < 1.29 is 19.4 Å². The normalized spacial score (nSPS) is 15.5. The summed E-state index contributed by atoms with van der Waals surface area (Å²) < 4.78 is 13.5. The molecule has 152 valence electrons. The lowest BCUT2D eigenvalue weighted by atomic mass is 10.0. The van der Waals surface area contributed by atoms with Crippen LogP contribution in [0.1, 0.15) is 10.4 Å². The number of fused-ring (bicyclic) bond motifs is 2. The summed E-state index contributed by atoms with van der Waals surface area (Å²) in [6.45, 7) is 0.443. The molecular formula is C22H18ClN3O4. The maximum absolute atomic E-state index is 13.3. The number of rotatable bonds is 5. The Morgan fingerprint density at radius 2 is 2.13 bits per heavy atom. The number of aliphatic hydroxyl groups excluding tert-OH is 1. The molecule has 2 N–H and O–H groups in total. The van der Waals surface area contributed by atoms with Gasteiger partial charge in [-0.05, 0) is 23.8 Å². The number of carbonyl (C=O) groups excluding carboxylic acids is 1. The molecule has 0 fully saturated rings. The molecule has 1 unspecified atom stereocenters. The lowest BCUT2D eigenvalue weighted by Gasteiger charge is -2.25. The second-order valence-corrected chi connectivity index (χ2v) is 7.49. The summed E-state index contributed by atoms with van der Waals surface area (Å²) in [5.41, 5.74) is 3.30. The quantitative estimate of drug-likeness (QED) is 0.478. The second-order valence-electron chi connectivity index (χ2n) is 7.05. The highest BCUT2D eigenvalue weighted by atomic mass is 35.5. The molecule has 7 nitrogen and oxygen atoms in total.